The van der Waals surface area contributed by atoms with Gasteiger partial charge < -0.3 is 5.32 Å². The molecule has 1 aliphatic rings. The first-order valence-corrected chi connectivity index (χ1v) is 6.70. The maximum absolute atomic E-state index is 13.7. The number of fused-ring (bicyclic) bond motifs is 1. The van der Waals surface area contributed by atoms with Gasteiger partial charge in [-0.3, -0.25) is 0 Å². The molecule has 0 saturated carbocycles. The van der Waals surface area contributed by atoms with E-state index in [-0.39, 0.29) is 11.9 Å². The monoisotopic (exact) mass is 287 g/mol. The summed E-state index contributed by atoms with van der Waals surface area (Å²) in [6, 6.07) is 7.06. The van der Waals surface area contributed by atoms with Gasteiger partial charge in [-0.1, -0.05) is 23.2 Å². The van der Waals surface area contributed by atoms with Crippen LogP contribution in [0.25, 0.3) is 0 Å². The van der Waals surface area contributed by atoms with Crippen LogP contribution < -0.4 is 5.32 Å². The molecular formula is C12H8Cl2FNS. The average molecular weight is 288 g/mol. The third-order valence-corrected chi connectivity index (χ3v) is 4.38. The van der Waals surface area contributed by atoms with Crippen molar-refractivity contribution in [2.75, 3.05) is 5.32 Å². The fourth-order valence-corrected chi connectivity index (χ4v) is 3.42. The van der Waals surface area contributed by atoms with E-state index in [1.807, 2.05) is 18.2 Å². The molecule has 17 heavy (non-hydrogen) atoms. The standard InChI is InChI=1S/C12H8Cl2FNS/c13-7-3-6-4-9(10-1-2-11(14)17-10)16-12(6)8(15)5-7/h1-3,5,9,16H,4H2. The number of anilines is 1. The topological polar surface area (TPSA) is 12.0 Å². The minimum absolute atomic E-state index is 0.0930. The molecule has 1 nitrogen and oxygen atoms in total. The molecule has 1 aromatic heterocycles. The molecule has 5 heteroatoms. The molecule has 0 fully saturated rings. The van der Waals surface area contributed by atoms with E-state index in [1.165, 1.54) is 17.4 Å². The zero-order valence-corrected chi connectivity index (χ0v) is 11.0. The molecule has 88 valence electrons. The molecule has 0 radical (unpaired) electrons. The summed E-state index contributed by atoms with van der Waals surface area (Å²) in [5.74, 6) is -0.294. The number of hydrogen-bond donors (Lipinski definition) is 1. The third kappa shape index (κ3) is 2.03. The van der Waals surface area contributed by atoms with Crippen LogP contribution in [0.5, 0.6) is 0 Å². The summed E-state index contributed by atoms with van der Waals surface area (Å²) in [6.07, 6.45) is 0.740. The summed E-state index contributed by atoms with van der Waals surface area (Å²) in [7, 11) is 0. The molecule has 1 N–H and O–H groups in total. The quantitative estimate of drug-likeness (QED) is 0.786. The van der Waals surface area contributed by atoms with E-state index < -0.39 is 0 Å². The predicted molar refractivity (Wildman–Crippen MR) is 70.8 cm³/mol. The second-order valence-corrected chi connectivity index (χ2v) is 6.15. The van der Waals surface area contributed by atoms with Crippen molar-refractivity contribution in [3.8, 4) is 0 Å². The zero-order chi connectivity index (χ0) is 12.0. The molecule has 0 aliphatic carbocycles. The second-order valence-electron chi connectivity index (χ2n) is 3.96. The minimum atomic E-state index is -0.294. The Bertz CT molecular complexity index is 582. The number of benzene rings is 1. The average Bonchev–Trinajstić information content (AvgIpc) is 2.83. The maximum atomic E-state index is 13.7. The highest BCUT2D eigenvalue weighted by Gasteiger charge is 2.26. The van der Waals surface area contributed by atoms with Crippen LogP contribution in [0.1, 0.15) is 16.5 Å². The van der Waals surface area contributed by atoms with Crippen molar-refractivity contribution in [3.63, 3.8) is 0 Å². The maximum Gasteiger partial charge on any atom is 0.148 e. The van der Waals surface area contributed by atoms with Crippen LogP contribution in [0.2, 0.25) is 9.36 Å². The van der Waals surface area contributed by atoms with Gasteiger partial charge in [0.25, 0.3) is 0 Å². The van der Waals surface area contributed by atoms with Crippen LogP contribution in [0.4, 0.5) is 10.1 Å². The molecular weight excluding hydrogens is 280 g/mol. The van der Waals surface area contributed by atoms with Crippen molar-refractivity contribution in [3.05, 3.63) is 49.9 Å². The Morgan fingerprint density at radius 3 is 2.82 bits per heavy atom. The fraction of sp³-hybridized carbons (Fsp3) is 0.167. The largest absolute Gasteiger partial charge is 0.374 e. The first-order chi connectivity index (χ1) is 8.13. The molecule has 0 saturated heterocycles. The summed E-state index contributed by atoms with van der Waals surface area (Å²) in [5.41, 5.74) is 1.48. The lowest BCUT2D eigenvalue weighted by Gasteiger charge is -2.08. The molecule has 2 aromatic rings. The van der Waals surface area contributed by atoms with Crippen molar-refractivity contribution in [1.82, 2.24) is 0 Å². The van der Waals surface area contributed by atoms with Crippen LogP contribution in [0.15, 0.2) is 24.3 Å². The van der Waals surface area contributed by atoms with E-state index >= 15 is 0 Å². The Labute approximate surface area is 112 Å². The van der Waals surface area contributed by atoms with Gasteiger partial charge in [-0.2, -0.15) is 0 Å². The first-order valence-electron chi connectivity index (χ1n) is 5.13. The summed E-state index contributed by atoms with van der Waals surface area (Å²) < 4.78 is 14.4. The van der Waals surface area contributed by atoms with E-state index in [4.69, 9.17) is 23.2 Å². The SMILES string of the molecule is Fc1cc(Cl)cc2c1NC(c1ccc(Cl)s1)C2. The predicted octanol–water partition coefficient (Wildman–Crippen LogP) is 4.90. The Morgan fingerprint density at radius 2 is 2.12 bits per heavy atom. The van der Waals surface area contributed by atoms with Gasteiger partial charge >= 0.3 is 0 Å². The van der Waals surface area contributed by atoms with Crippen molar-refractivity contribution in [2.45, 2.75) is 12.5 Å². The third-order valence-electron chi connectivity index (χ3n) is 2.82. The Balaban J connectivity index is 1.95. The van der Waals surface area contributed by atoms with Crippen molar-refractivity contribution >= 4 is 40.2 Å². The van der Waals surface area contributed by atoms with Gasteiger partial charge in [0.2, 0.25) is 0 Å². The van der Waals surface area contributed by atoms with Crippen molar-refractivity contribution in [1.29, 1.82) is 0 Å². The molecule has 1 unspecified atom stereocenters. The lowest BCUT2D eigenvalue weighted by atomic mass is 10.1. The smallest absolute Gasteiger partial charge is 0.148 e. The van der Waals surface area contributed by atoms with Crippen molar-refractivity contribution in [2.24, 2.45) is 0 Å². The number of thiophene rings is 1. The fourth-order valence-electron chi connectivity index (χ4n) is 2.08. The normalized spacial score (nSPS) is 17.9. The Morgan fingerprint density at radius 1 is 1.29 bits per heavy atom. The van der Waals surface area contributed by atoms with E-state index in [0.717, 1.165) is 21.2 Å². The second kappa shape index (κ2) is 4.16. The van der Waals surface area contributed by atoms with Gasteiger partial charge in [-0.25, -0.2) is 4.39 Å². The molecule has 2 heterocycles. The van der Waals surface area contributed by atoms with Gasteiger partial charge in [-0.05, 0) is 36.2 Å². The Hall–Kier alpha value is -0.770. The first kappa shape index (κ1) is 11.3. The number of rotatable bonds is 1. The van der Waals surface area contributed by atoms with Gasteiger partial charge in [0.15, 0.2) is 0 Å². The number of hydrogen-bond acceptors (Lipinski definition) is 2. The summed E-state index contributed by atoms with van der Waals surface area (Å²) in [4.78, 5) is 1.11. The van der Waals surface area contributed by atoms with E-state index in [0.29, 0.717) is 10.7 Å². The van der Waals surface area contributed by atoms with Crippen LogP contribution in [0, 0.1) is 5.82 Å². The van der Waals surface area contributed by atoms with Gasteiger partial charge in [0, 0.05) is 9.90 Å². The zero-order valence-electron chi connectivity index (χ0n) is 8.64. The van der Waals surface area contributed by atoms with Gasteiger partial charge in [0.1, 0.15) is 5.82 Å². The molecule has 1 aromatic carbocycles. The molecule has 0 spiro atoms. The molecule has 0 amide bonds. The highest BCUT2D eigenvalue weighted by molar-refractivity contribution is 7.16. The van der Waals surface area contributed by atoms with Crippen LogP contribution in [-0.2, 0) is 6.42 Å². The van der Waals surface area contributed by atoms with Crippen molar-refractivity contribution < 1.29 is 4.39 Å². The lowest BCUT2D eigenvalue weighted by Crippen LogP contribution is -2.03. The summed E-state index contributed by atoms with van der Waals surface area (Å²) >= 11 is 13.3. The number of halogens is 3. The van der Waals surface area contributed by atoms with Crippen LogP contribution in [-0.4, -0.2) is 0 Å². The molecule has 1 atom stereocenters. The molecule has 0 bridgehead atoms. The summed E-state index contributed by atoms with van der Waals surface area (Å²) in [5, 5.41) is 3.62. The lowest BCUT2D eigenvalue weighted by molar-refractivity contribution is 0.631. The minimum Gasteiger partial charge on any atom is -0.374 e. The van der Waals surface area contributed by atoms with E-state index in [2.05, 4.69) is 5.32 Å². The highest BCUT2D eigenvalue weighted by atomic mass is 35.5. The van der Waals surface area contributed by atoms with Crippen LogP contribution in [0.3, 0.4) is 0 Å². The molecule has 3 rings (SSSR count). The van der Waals surface area contributed by atoms with Gasteiger partial charge in [-0.15, -0.1) is 11.3 Å². The van der Waals surface area contributed by atoms with E-state index in [9.17, 15) is 4.39 Å². The number of nitrogens with one attached hydrogen (secondary N) is 1. The summed E-state index contributed by atoms with van der Waals surface area (Å²) in [6.45, 7) is 0. The van der Waals surface area contributed by atoms with Gasteiger partial charge in [0.05, 0.1) is 16.1 Å². The Kier molecular flexibility index (Phi) is 2.77. The van der Waals surface area contributed by atoms with E-state index in [1.54, 1.807) is 0 Å². The molecule has 1 aliphatic heterocycles. The highest BCUT2D eigenvalue weighted by Crippen LogP contribution is 2.40. The van der Waals surface area contributed by atoms with Crippen LogP contribution >= 0.6 is 34.5 Å².